The maximum absolute atomic E-state index is 12.7. The molecule has 21 heavy (non-hydrogen) atoms. The molecule has 1 aromatic carbocycles. The van der Waals surface area contributed by atoms with Crippen LogP contribution in [0.4, 0.5) is 0 Å². The predicted octanol–water partition coefficient (Wildman–Crippen LogP) is 2.35. The fraction of sp³-hybridized carbons (Fsp3) is 0.600. The van der Waals surface area contributed by atoms with E-state index in [1.165, 1.54) is 4.31 Å². The van der Waals surface area contributed by atoms with Crippen LogP contribution in [0.25, 0.3) is 0 Å². The second-order valence-electron chi connectivity index (χ2n) is 4.81. The average Bonchev–Trinajstić information content (AvgIpc) is 2.47. The van der Waals surface area contributed by atoms with Gasteiger partial charge in [0, 0.05) is 25.2 Å². The maximum atomic E-state index is 12.7. The summed E-state index contributed by atoms with van der Waals surface area (Å²) in [4.78, 5) is 0.285. The summed E-state index contributed by atoms with van der Waals surface area (Å²) in [5, 5.41) is 0. The monoisotopic (exact) mass is 314 g/mol. The van der Waals surface area contributed by atoms with Gasteiger partial charge in [-0.2, -0.15) is 4.31 Å². The summed E-state index contributed by atoms with van der Waals surface area (Å²) in [7, 11) is -3.47. The van der Waals surface area contributed by atoms with Crippen molar-refractivity contribution in [2.75, 3.05) is 19.7 Å². The van der Waals surface area contributed by atoms with Crippen molar-refractivity contribution >= 4 is 10.0 Å². The number of nitrogens with zero attached hydrogens (tertiary/aromatic N) is 1. The van der Waals surface area contributed by atoms with Crippen molar-refractivity contribution < 1.29 is 13.2 Å². The largest absolute Gasteiger partial charge is 0.494 e. The molecule has 0 spiro atoms. The quantitative estimate of drug-likeness (QED) is 0.759. The number of ether oxygens (including phenoxy) is 1. The van der Waals surface area contributed by atoms with Gasteiger partial charge in [0.2, 0.25) is 10.0 Å². The Morgan fingerprint density at radius 1 is 1.14 bits per heavy atom. The van der Waals surface area contributed by atoms with Crippen molar-refractivity contribution in [3.05, 3.63) is 23.8 Å². The number of benzene rings is 1. The van der Waals surface area contributed by atoms with E-state index in [0.717, 1.165) is 12.8 Å². The molecule has 6 heteroatoms. The van der Waals surface area contributed by atoms with Gasteiger partial charge in [0.25, 0.3) is 0 Å². The minimum absolute atomic E-state index is 0.250. The molecule has 0 saturated heterocycles. The van der Waals surface area contributed by atoms with Crippen LogP contribution in [0.15, 0.2) is 23.1 Å². The van der Waals surface area contributed by atoms with E-state index in [1.807, 2.05) is 20.8 Å². The van der Waals surface area contributed by atoms with Crippen molar-refractivity contribution in [2.45, 2.75) is 45.1 Å². The first-order chi connectivity index (χ1) is 10.0. The zero-order valence-corrected chi connectivity index (χ0v) is 13.9. The maximum Gasteiger partial charge on any atom is 0.243 e. The third-order valence-electron chi connectivity index (χ3n) is 3.14. The molecule has 0 fully saturated rings. The van der Waals surface area contributed by atoms with E-state index >= 15 is 0 Å². The van der Waals surface area contributed by atoms with Crippen LogP contribution in [0.3, 0.4) is 0 Å². The Morgan fingerprint density at radius 2 is 1.76 bits per heavy atom. The molecule has 0 saturated carbocycles. The Bertz CT molecular complexity index is 538. The summed E-state index contributed by atoms with van der Waals surface area (Å²) in [5.74, 6) is 0.650. The van der Waals surface area contributed by atoms with Gasteiger partial charge in [0.1, 0.15) is 5.75 Å². The number of nitrogens with two attached hydrogens (primary N) is 1. The molecule has 0 heterocycles. The molecule has 5 nitrogen and oxygen atoms in total. The van der Waals surface area contributed by atoms with Gasteiger partial charge in [0.05, 0.1) is 11.5 Å². The lowest BCUT2D eigenvalue weighted by molar-refractivity contribution is 0.336. The summed E-state index contributed by atoms with van der Waals surface area (Å²) in [5.41, 5.74) is 6.41. The van der Waals surface area contributed by atoms with Crippen LogP contribution in [0.2, 0.25) is 0 Å². The highest BCUT2D eigenvalue weighted by Crippen LogP contribution is 2.24. The molecular formula is C15H26N2O3S. The number of hydrogen-bond acceptors (Lipinski definition) is 4. The van der Waals surface area contributed by atoms with E-state index in [9.17, 15) is 8.42 Å². The third kappa shape index (κ3) is 4.43. The van der Waals surface area contributed by atoms with Gasteiger partial charge in [-0.3, -0.25) is 0 Å². The van der Waals surface area contributed by atoms with Crippen molar-refractivity contribution in [3.8, 4) is 5.75 Å². The number of sulfonamides is 1. The van der Waals surface area contributed by atoms with Gasteiger partial charge in [-0.05, 0) is 38.0 Å². The predicted molar refractivity (Wildman–Crippen MR) is 84.8 cm³/mol. The lowest BCUT2D eigenvalue weighted by Crippen LogP contribution is -2.32. The Balaban J connectivity index is 3.17. The SMILES string of the molecule is CCCN(CCC)S(=O)(=O)c1ccc(OCC)c(CN)c1. The van der Waals surface area contributed by atoms with Gasteiger partial charge in [-0.15, -0.1) is 0 Å². The van der Waals surface area contributed by atoms with Gasteiger partial charge in [0.15, 0.2) is 0 Å². The Morgan fingerprint density at radius 3 is 2.24 bits per heavy atom. The first-order valence-corrected chi connectivity index (χ1v) is 8.91. The van der Waals surface area contributed by atoms with E-state index in [2.05, 4.69) is 0 Å². The van der Waals surface area contributed by atoms with Crippen molar-refractivity contribution in [1.29, 1.82) is 0 Å². The van der Waals surface area contributed by atoms with Crippen molar-refractivity contribution in [3.63, 3.8) is 0 Å². The molecule has 0 atom stereocenters. The molecule has 0 aliphatic heterocycles. The van der Waals surface area contributed by atoms with E-state index in [0.29, 0.717) is 31.0 Å². The summed E-state index contributed by atoms with van der Waals surface area (Å²) < 4.78 is 32.4. The summed E-state index contributed by atoms with van der Waals surface area (Å²) in [6.07, 6.45) is 1.58. The van der Waals surface area contributed by atoms with E-state index < -0.39 is 10.0 Å². The minimum Gasteiger partial charge on any atom is -0.494 e. The second kappa shape index (κ2) is 8.36. The number of rotatable bonds is 9. The third-order valence-corrected chi connectivity index (χ3v) is 5.03. The molecular weight excluding hydrogens is 288 g/mol. The Labute approximate surface area is 128 Å². The lowest BCUT2D eigenvalue weighted by atomic mass is 10.2. The topological polar surface area (TPSA) is 72.6 Å². The smallest absolute Gasteiger partial charge is 0.243 e. The van der Waals surface area contributed by atoms with Gasteiger partial charge in [-0.25, -0.2) is 8.42 Å². The van der Waals surface area contributed by atoms with Crippen molar-refractivity contribution in [2.24, 2.45) is 5.73 Å². The van der Waals surface area contributed by atoms with Gasteiger partial charge < -0.3 is 10.5 Å². The molecule has 0 radical (unpaired) electrons. The molecule has 0 aliphatic rings. The molecule has 1 rings (SSSR count). The molecule has 0 amide bonds. The average molecular weight is 314 g/mol. The molecule has 0 aliphatic carbocycles. The lowest BCUT2D eigenvalue weighted by Gasteiger charge is -2.21. The fourth-order valence-corrected chi connectivity index (χ4v) is 3.85. The second-order valence-corrected chi connectivity index (χ2v) is 6.75. The van der Waals surface area contributed by atoms with E-state index in [1.54, 1.807) is 18.2 Å². The van der Waals surface area contributed by atoms with Gasteiger partial charge in [-0.1, -0.05) is 13.8 Å². The molecule has 2 N–H and O–H groups in total. The zero-order chi connectivity index (χ0) is 15.9. The molecule has 120 valence electrons. The first kappa shape index (κ1) is 17.9. The van der Waals surface area contributed by atoms with Crippen LogP contribution in [-0.2, 0) is 16.6 Å². The molecule has 0 aromatic heterocycles. The first-order valence-electron chi connectivity index (χ1n) is 7.47. The molecule has 0 bridgehead atoms. The highest BCUT2D eigenvalue weighted by Gasteiger charge is 2.23. The van der Waals surface area contributed by atoms with Crippen LogP contribution in [0, 0.1) is 0 Å². The molecule has 0 unspecified atom stereocenters. The highest BCUT2D eigenvalue weighted by atomic mass is 32.2. The van der Waals surface area contributed by atoms with Crippen LogP contribution in [-0.4, -0.2) is 32.4 Å². The fourth-order valence-electron chi connectivity index (χ4n) is 2.17. The summed E-state index contributed by atoms with van der Waals surface area (Å²) >= 11 is 0. The van der Waals surface area contributed by atoms with Crippen LogP contribution < -0.4 is 10.5 Å². The highest BCUT2D eigenvalue weighted by molar-refractivity contribution is 7.89. The Kier molecular flexibility index (Phi) is 7.14. The van der Waals surface area contributed by atoms with Crippen molar-refractivity contribution in [1.82, 2.24) is 4.31 Å². The standard InChI is InChI=1S/C15H26N2O3S/c1-4-9-17(10-5-2)21(18,19)14-7-8-15(20-6-3)13(11-14)12-16/h7-8,11H,4-6,9-10,12,16H2,1-3H3. The van der Waals surface area contributed by atoms with Gasteiger partial charge >= 0.3 is 0 Å². The van der Waals surface area contributed by atoms with Crippen LogP contribution >= 0.6 is 0 Å². The minimum atomic E-state index is -3.47. The summed E-state index contributed by atoms with van der Waals surface area (Å²) in [6, 6.07) is 4.91. The normalized spacial score (nSPS) is 11.9. The van der Waals surface area contributed by atoms with Crippen LogP contribution in [0.5, 0.6) is 5.75 Å². The number of hydrogen-bond donors (Lipinski definition) is 1. The zero-order valence-electron chi connectivity index (χ0n) is 13.1. The van der Waals surface area contributed by atoms with E-state index in [-0.39, 0.29) is 11.4 Å². The van der Waals surface area contributed by atoms with E-state index in [4.69, 9.17) is 10.5 Å². The van der Waals surface area contributed by atoms with Crippen LogP contribution in [0.1, 0.15) is 39.2 Å². The summed E-state index contributed by atoms with van der Waals surface area (Å²) in [6.45, 7) is 7.67. The Hall–Kier alpha value is -1.11. The molecule has 1 aromatic rings.